The van der Waals surface area contributed by atoms with E-state index in [1.54, 1.807) is 19.2 Å². The molecule has 1 N–H and O–H groups in total. The van der Waals surface area contributed by atoms with Gasteiger partial charge in [0.25, 0.3) is 0 Å². The average molecular weight is 306 g/mol. The number of halogens is 1. The van der Waals surface area contributed by atoms with Crippen LogP contribution in [0.25, 0.3) is 0 Å². The Kier molecular flexibility index (Phi) is 5.19. The van der Waals surface area contributed by atoms with E-state index in [0.717, 1.165) is 18.4 Å². The predicted molar refractivity (Wildman–Crippen MR) is 84.3 cm³/mol. The highest BCUT2D eigenvalue weighted by Crippen LogP contribution is 2.38. The molecule has 1 heterocycles. The van der Waals surface area contributed by atoms with E-state index in [0.29, 0.717) is 6.54 Å². The Balaban J connectivity index is 2.24. The van der Waals surface area contributed by atoms with Crippen LogP contribution in [0.2, 0.25) is 0 Å². The molecule has 1 fully saturated rings. The second-order valence-electron chi connectivity index (χ2n) is 5.84. The summed E-state index contributed by atoms with van der Waals surface area (Å²) in [5.74, 6) is -0.241. The molecule has 0 aliphatic carbocycles. The summed E-state index contributed by atoms with van der Waals surface area (Å²) < 4.78 is 13.5. The van der Waals surface area contributed by atoms with E-state index in [1.807, 2.05) is 19.1 Å². The minimum absolute atomic E-state index is 0.100. The third kappa shape index (κ3) is 3.30. The van der Waals surface area contributed by atoms with Crippen LogP contribution in [0.5, 0.6) is 0 Å². The van der Waals surface area contributed by atoms with Gasteiger partial charge < -0.3 is 10.0 Å². The van der Waals surface area contributed by atoms with Crippen LogP contribution in [0.3, 0.4) is 0 Å². The molecule has 1 aliphatic rings. The van der Waals surface area contributed by atoms with E-state index < -0.39 is 6.09 Å². The van der Waals surface area contributed by atoms with Crippen LogP contribution in [0.4, 0.5) is 9.18 Å². The van der Waals surface area contributed by atoms with Crippen LogP contribution in [-0.4, -0.2) is 46.7 Å². The van der Waals surface area contributed by atoms with Gasteiger partial charge in [-0.1, -0.05) is 18.2 Å². The summed E-state index contributed by atoms with van der Waals surface area (Å²) in [6.07, 6.45) is 2.66. The van der Waals surface area contributed by atoms with E-state index in [1.165, 1.54) is 11.0 Å². The Hall–Kier alpha value is -1.88. The Morgan fingerprint density at radius 2 is 2.32 bits per heavy atom. The molecule has 4 nitrogen and oxygen atoms in total. The first-order valence-corrected chi connectivity index (χ1v) is 7.53. The minimum atomic E-state index is -0.930. The topological polar surface area (TPSA) is 43.8 Å². The Labute approximate surface area is 130 Å². The second kappa shape index (κ2) is 6.92. The molecule has 0 bridgehead atoms. The van der Waals surface area contributed by atoms with Crippen molar-refractivity contribution in [3.63, 3.8) is 0 Å². The molecule has 1 aromatic rings. The second-order valence-corrected chi connectivity index (χ2v) is 5.84. The van der Waals surface area contributed by atoms with Crippen molar-refractivity contribution < 1.29 is 14.3 Å². The van der Waals surface area contributed by atoms with Crippen molar-refractivity contribution in [2.75, 3.05) is 13.6 Å². The quantitative estimate of drug-likeness (QED) is 0.847. The Morgan fingerprint density at radius 3 is 2.91 bits per heavy atom. The summed E-state index contributed by atoms with van der Waals surface area (Å²) in [6, 6.07) is 6.73. The normalized spacial score (nSPS) is 23.2. The number of hydrogen-bond acceptors (Lipinski definition) is 2. The first-order chi connectivity index (χ1) is 10.5. The van der Waals surface area contributed by atoms with E-state index >= 15 is 0 Å². The zero-order valence-electron chi connectivity index (χ0n) is 13.1. The molecule has 5 heteroatoms. The molecule has 0 spiro atoms. The van der Waals surface area contributed by atoms with Crippen molar-refractivity contribution in [1.29, 1.82) is 0 Å². The first kappa shape index (κ1) is 16.5. The van der Waals surface area contributed by atoms with Gasteiger partial charge in [-0.05, 0) is 37.5 Å². The lowest BCUT2D eigenvalue weighted by molar-refractivity contribution is 0.100. The first-order valence-electron chi connectivity index (χ1n) is 7.53. The smallest absolute Gasteiger partial charge is 0.407 e. The molecular weight excluding hydrogens is 283 g/mol. The lowest BCUT2D eigenvalue weighted by Crippen LogP contribution is -2.48. The summed E-state index contributed by atoms with van der Waals surface area (Å²) in [4.78, 5) is 14.8. The maximum absolute atomic E-state index is 13.5. The van der Waals surface area contributed by atoms with E-state index in [2.05, 4.69) is 11.5 Å². The largest absolute Gasteiger partial charge is 0.465 e. The fourth-order valence-electron chi connectivity index (χ4n) is 3.33. The van der Waals surface area contributed by atoms with Crippen molar-refractivity contribution in [2.24, 2.45) is 0 Å². The molecule has 0 unspecified atom stereocenters. The standard InChI is InChI=1S/C17H23FN2O2/c1-4-10-20-15(12(2)19(3)17(21)22)8-9-16(20)13-6-5-7-14(18)11-13/h4-7,11-12,15-16H,1,8-10H2,2-3H3,(H,21,22)/t12-,15+,16-/m0/s1. The lowest BCUT2D eigenvalue weighted by atomic mass is 10.0. The van der Waals surface area contributed by atoms with Gasteiger partial charge in [-0.3, -0.25) is 4.90 Å². The fourth-order valence-corrected chi connectivity index (χ4v) is 3.33. The molecule has 1 aromatic carbocycles. The lowest BCUT2D eigenvalue weighted by Gasteiger charge is -2.36. The van der Waals surface area contributed by atoms with Gasteiger partial charge in [0.05, 0.1) is 0 Å². The maximum atomic E-state index is 13.5. The van der Waals surface area contributed by atoms with Gasteiger partial charge in [0.15, 0.2) is 0 Å². The van der Waals surface area contributed by atoms with Gasteiger partial charge in [0.2, 0.25) is 0 Å². The van der Waals surface area contributed by atoms with Gasteiger partial charge in [0.1, 0.15) is 5.82 Å². The monoisotopic (exact) mass is 306 g/mol. The molecule has 1 saturated heterocycles. The number of rotatable bonds is 5. The zero-order valence-corrected chi connectivity index (χ0v) is 13.1. The molecule has 120 valence electrons. The molecule has 1 aliphatic heterocycles. The van der Waals surface area contributed by atoms with Gasteiger partial charge in [0, 0.05) is 31.7 Å². The van der Waals surface area contributed by atoms with E-state index in [-0.39, 0.29) is 23.9 Å². The van der Waals surface area contributed by atoms with Crippen molar-refractivity contribution in [1.82, 2.24) is 9.80 Å². The molecule has 0 saturated carbocycles. The summed E-state index contributed by atoms with van der Waals surface area (Å²) >= 11 is 0. The highest BCUT2D eigenvalue weighted by molar-refractivity contribution is 5.65. The van der Waals surface area contributed by atoms with Crippen LogP contribution < -0.4 is 0 Å². The molecular formula is C17H23FN2O2. The van der Waals surface area contributed by atoms with Crippen LogP contribution in [-0.2, 0) is 0 Å². The number of hydrogen-bond donors (Lipinski definition) is 1. The number of likely N-dealkylation sites (tertiary alicyclic amines) is 1. The minimum Gasteiger partial charge on any atom is -0.465 e. The van der Waals surface area contributed by atoms with Crippen molar-refractivity contribution in [3.05, 3.63) is 48.3 Å². The van der Waals surface area contributed by atoms with Gasteiger partial charge in [-0.2, -0.15) is 0 Å². The van der Waals surface area contributed by atoms with Crippen molar-refractivity contribution in [3.8, 4) is 0 Å². The molecule has 22 heavy (non-hydrogen) atoms. The molecule has 1 amide bonds. The third-order valence-electron chi connectivity index (χ3n) is 4.61. The summed E-state index contributed by atoms with van der Waals surface area (Å²) in [7, 11) is 1.59. The molecule has 0 radical (unpaired) electrons. The number of nitrogens with zero attached hydrogens (tertiary/aromatic N) is 2. The number of likely N-dealkylation sites (N-methyl/N-ethyl adjacent to an activating group) is 1. The van der Waals surface area contributed by atoms with Crippen LogP contribution in [0.15, 0.2) is 36.9 Å². The maximum Gasteiger partial charge on any atom is 0.407 e. The fraction of sp³-hybridized carbons (Fsp3) is 0.471. The summed E-state index contributed by atoms with van der Waals surface area (Å²) in [6.45, 7) is 6.37. The Bertz CT molecular complexity index is 549. The van der Waals surface area contributed by atoms with E-state index in [9.17, 15) is 14.3 Å². The number of carboxylic acid groups (broad SMARTS) is 1. The highest BCUT2D eigenvalue weighted by Gasteiger charge is 2.38. The number of benzene rings is 1. The number of carbonyl (C=O) groups is 1. The third-order valence-corrected chi connectivity index (χ3v) is 4.61. The van der Waals surface area contributed by atoms with Crippen LogP contribution in [0, 0.1) is 5.82 Å². The zero-order chi connectivity index (χ0) is 16.3. The molecule has 2 rings (SSSR count). The summed E-state index contributed by atoms with van der Waals surface area (Å²) in [5.41, 5.74) is 0.939. The predicted octanol–water partition coefficient (Wildman–Crippen LogP) is 3.52. The average Bonchev–Trinajstić information content (AvgIpc) is 2.89. The van der Waals surface area contributed by atoms with Crippen LogP contribution in [0.1, 0.15) is 31.4 Å². The van der Waals surface area contributed by atoms with E-state index in [4.69, 9.17) is 0 Å². The summed E-state index contributed by atoms with van der Waals surface area (Å²) in [5, 5.41) is 9.19. The van der Waals surface area contributed by atoms with Crippen molar-refractivity contribution >= 4 is 6.09 Å². The molecule has 3 atom stereocenters. The van der Waals surface area contributed by atoms with Crippen LogP contribution >= 0.6 is 0 Å². The molecule has 0 aromatic heterocycles. The van der Waals surface area contributed by atoms with Gasteiger partial charge in [-0.15, -0.1) is 6.58 Å². The highest BCUT2D eigenvalue weighted by atomic mass is 19.1. The Morgan fingerprint density at radius 1 is 1.59 bits per heavy atom. The van der Waals surface area contributed by atoms with Gasteiger partial charge in [-0.25, -0.2) is 9.18 Å². The van der Waals surface area contributed by atoms with Crippen molar-refractivity contribution in [2.45, 2.75) is 37.9 Å². The number of amides is 1. The van der Waals surface area contributed by atoms with Gasteiger partial charge >= 0.3 is 6.09 Å². The SMILES string of the molecule is C=CCN1[C@@H]([C@H](C)N(C)C(=O)O)CC[C@H]1c1cccc(F)c1.